The van der Waals surface area contributed by atoms with Crippen LogP contribution >= 0.6 is 0 Å². The number of hydrogen-bond acceptors (Lipinski definition) is 3. The maximum atomic E-state index is 11.4. The maximum Gasteiger partial charge on any atom is 0.306 e. The lowest BCUT2D eigenvalue weighted by Crippen LogP contribution is -2.58. The molecule has 0 heterocycles. The van der Waals surface area contributed by atoms with E-state index in [2.05, 4.69) is 20.8 Å². The minimum atomic E-state index is -0.679. The predicted molar refractivity (Wildman–Crippen MR) is 113 cm³/mol. The number of aliphatic hydroxyl groups excluding tert-OH is 2. The highest BCUT2D eigenvalue weighted by Gasteiger charge is 2.62. The molecule has 3 N–H and O–H groups in total. The van der Waals surface area contributed by atoms with Crippen molar-refractivity contribution in [1.29, 1.82) is 0 Å². The van der Waals surface area contributed by atoms with Crippen LogP contribution in [0.4, 0.5) is 0 Å². The molecule has 0 aromatic carbocycles. The first kappa shape index (κ1) is 21.6. The summed E-state index contributed by atoms with van der Waals surface area (Å²) < 4.78 is 0. The van der Waals surface area contributed by atoms with Crippen LogP contribution in [-0.2, 0) is 4.79 Å². The fourth-order valence-corrected chi connectivity index (χ4v) is 9.00. The van der Waals surface area contributed by atoms with Crippen LogP contribution in [0.5, 0.6) is 0 Å². The average molecular weight is 407 g/mol. The number of aliphatic hydroxyl groups is 2. The molecular weight excluding hydrogens is 364 g/mol. The van der Waals surface area contributed by atoms with E-state index in [9.17, 15) is 20.1 Å². The van der Waals surface area contributed by atoms with Gasteiger partial charge in [0.25, 0.3) is 0 Å². The quantitative estimate of drug-likeness (QED) is 0.631. The fourth-order valence-electron chi connectivity index (χ4n) is 9.00. The molecule has 0 spiro atoms. The van der Waals surface area contributed by atoms with Crippen LogP contribution in [0.2, 0.25) is 0 Å². The molecule has 0 saturated heterocycles. The van der Waals surface area contributed by atoms with Gasteiger partial charge in [-0.25, -0.2) is 0 Å². The third-order valence-electron chi connectivity index (χ3n) is 10.6. The molecule has 4 nitrogen and oxygen atoms in total. The van der Waals surface area contributed by atoms with Crippen molar-refractivity contribution in [3.8, 4) is 0 Å². The Bertz CT molecular complexity index is 634. The number of rotatable bonds is 4. The minimum Gasteiger partial charge on any atom is -0.481 e. The van der Waals surface area contributed by atoms with E-state index in [1.165, 1.54) is 25.7 Å². The molecule has 4 heteroatoms. The summed E-state index contributed by atoms with van der Waals surface area (Å²) in [4.78, 5) is 11.4. The van der Waals surface area contributed by atoms with Gasteiger partial charge in [0.2, 0.25) is 0 Å². The van der Waals surface area contributed by atoms with Gasteiger partial charge < -0.3 is 15.3 Å². The van der Waals surface area contributed by atoms with Crippen LogP contribution < -0.4 is 0 Å². The lowest BCUT2D eigenvalue weighted by molar-refractivity contribution is -0.174. The molecule has 0 bridgehead atoms. The third-order valence-corrected chi connectivity index (χ3v) is 10.6. The van der Waals surface area contributed by atoms with Crippen LogP contribution in [0.15, 0.2) is 0 Å². The zero-order chi connectivity index (χ0) is 21.1. The number of carboxylic acids is 1. The molecule has 4 fully saturated rings. The zero-order valence-electron chi connectivity index (χ0n) is 18.8. The van der Waals surface area contributed by atoms with E-state index in [0.717, 1.165) is 32.1 Å². The summed E-state index contributed by atoms with van der Waals surface area (Å²) in [6, 6.07) is 0. The number of carboxylic acid groups (broad SMARTS) is 1. The van der Waals surface area contributed by atoms with Crippen LogP contribution in [0, 0.1) is 52.3 Å². The lowest BCUT2D eigenvalue weighted by atomic mass is 9.43. The van der Waals surface area contributed by atoms with Gasteiger partial charge in [-0.1, -0.05) is 27.7 Å². The van der Waals surface area contributed by atoms with Crippen LogP contribution in [-0.4, -0.2) is 33.5 Å². The van der Waals surface area contributed by atoms with Gasteiger partial charge in [-0.15, -0.1) is 0 Å². The van der Waals surface area contributed by atoms with Gasteiger partial charge in [-0.2, -0.15) is 0 Å². The second-order valence-electron chi connectivity index (χ2n) is 11.9. The minimum absolute atomic E-state index is 0.182. The summed E-state index contributed by atoms with van der Waals surface area (Å²) in [5, 5.41) is 30.9. The van der Waals surface area contributed by atoms with E-state index in [-0.39, 0.29) is 29.0 Å². The highest BCUT2D eigenvalue weighted by Crippen LogP contribution is 2.68. The topological polar surface area (TPSA) is 77.8 Å². The van der Waals surface area contributed by atoms with Gasteiger partial charge in [-0.05, 0) is 104 Å². The van der Waals surface area contributed by atoms with Gasteiger partial charge in [0.05, 0.1) is 18.1 Å². The van der Waals surface area contributed by atoms with Gasteiger partial charge in [0, 0.05) is 0 Å². The van der Waals surface area contributed by atoms with Crippen LogP contribution in [0.25, 0.3) is 0 Å². The Morgan fingerprint density at radius 3 is 2.31 bits per heavy atom. The van der Waals surface area contributed by atoms with E-state index in [1.54, 1.807) is 0 Å². The van der Waals surface area contributed by atoms with E-state index >= 15 is 0 Å². The molecule has 4 aliphatic rings. The Morgan fingerprint density at radius 2 is 1.62 bits per heavy atom. The Morgan fingerprint density at radius 1 is 0.966 bits per heavy atom. The molecule has 29 heavy (non-hydrogen) atoms. The largest absolute Gasteiger partial charge is 0.481 e. The van der Waals surface area contributed by atoms with E-state index in [4.69, 9.17) is 0 Å². The molecule has 0 radical (unpaired) electrons. The Labute approximate surface area is 176 Å². The highest BCUT2D eigenvalue weighted by atomic mass is 16.4. The summed E-state index contributed by atoms with van der Waals surface area (Å²) in [6.45, 7) is 9.02. The fraction of sp³-hybridized carbons (Fsp3) is 0.960. The molecule has 0 amide bonds. The van der Waals surface area contributed by atoms with Gasteiger partial charge in [0.1, 0.15) is 0 Å². The van der Waals surface area contributed by atoms with Crippen molar-refractivity contribution in [2.45, 2.75) is 97.7 Å². The molecule has 0 aliphatic heterocycles. The molecule has 4 rings (SSSR count). The summed E-state index contributed by atoms with van der Waals surface area (Å²) in [6.07, 6.45) is 8.87. The molecule has 166 valence electrons. The van der Waals surface area contributed by atoms with Crippen molar-refractivity contribution in [2.24, 2.45) is 52.3 Å². The van der Waals surface area contributed by atoms with Gasteiger partial charge in [0.15, 0.2) is 0 Å². The van der Waals surface area contributed by atoms with E-state index in [0.29, 0.717) is 35.5 Å². The van der Waals surface area contributed by atoms with E-state index < -0.39 is 5.97 Å². The molecule has 4 saturated carbocycles. The molecular formula is C25H42O4. The Kier molecular flexibility index (Phi) is 5.60. The van der Waals surface area contributed by atoms with Crippen molar-refractivity contribution in [2.75, 3.05) is 0 Å². The Balaban J connectivity index is 1.56. The average Bonchev–Trinajstić information content (AvgIpc) is 3.00. The Hall–Kier alpha value is -0.610. The van der Waals surface area contributed by atoms with Crippen molar-refractivity contribution >= 4 is 5.97 Å². The summed E-state index contributed by atoms with van der Waals surface area (Å²) in [5.41, 5.74) is 0.503. The molecule has 11 atom stereocenters. The summed E-state index contributed by atoms with van der Waals surface area (Å²) in [5.74, 6) is 2.02. The van der Waals surface area contributed by atoms with E-state index in [1.807, 2.05) is 6.92 Å². The number of fused-ring (bicyclic) bond motifs is 5. The molecule has 0 aromatic rings. The van der Waals surface area contributed by atoms with Crippen molar-refractivity contribution in [3.05, 3.63) is 0 Å². The first-order valence-corrected chi connectivity index (χ1v) is 12.2. The summed E-state index contributed by atoms with van der Waals surface area (Å²) >= 11 is 0. The second kappa shape index (κ2) is 7.51. The van der Waals surface area contributed by atoms with Gasteiger partial charge in [-0.3, -0.25) is 4.79 Å². The first-order valence-electron chi connectivity index (χ1n) is 12.2. The standard InChI is InChI=1S/C25H42O4/c1-14(11-15(2)23(28)29)18-5-6-19-22-20(8-10-25(18,19)4)24(3)9-7-17(26)12-16(24)13-21(22)27/h14-22,26-27H,5-13H2,1-4H3,(H,28,29)/t14-,15-,16?,17-,18-,19+,20+,21-,22+,24+,25-/m1/s1. The van der Waals surface area contributed by atoms with Gasteiger partial charge >= 0.3 is 5.97 Å². The third kappa shape index (κ3) is 3.37. The number of aliphatic carboxylic acids is 1. The van der Waals surface area contributed by atoms with Crippen LogP contribution in [0.3, 0.4) is 0 Å². The second-order valence-corrected chi connectivity index (χ2v) is 11.9. The summed E-state index contributed by atoms with van der Waals surface area (Å²) in [7, 11) is 0. The maximum absolute atomic E-state index is 11.4. The zero-order valence-corrected chi connectivity index (χ0v) is 18.8. The van der Waals surface area contributed by atoms with Crippen molar-refractivity contribution in [3.63, 3.8) is 0 Å². The molecule has 0 aromatic heterocycles. The molecule has 4 aliphatic carbocycles. The monoisotopic (exact) mass is 406 g/mol. The number of carbonyl (C=O) groups is 1. The van der Waals surface area contributed by atoms with Crippen LogP contribution in [0.1, 0.15) is 85.5 Å². The highest BCUT2D eigenvalue weighted by molar-refractivity contribution is 5.69. The smallest absolute Gasteiger partial charge is 0.306 e. The van der Waals surface area contributed by atoms with Crippen molar-refractivity contribution < 1.29 is 20.1 Å². The number of hydrogen-bond donors (Lipinski definition) is 3. The normalized spacial score (nSPS) is 51.4. The molecule has 1 unspecified atom stereocenters. The predicted octanol–water partition coefficient (Wildman–Crippen LogP) is 4.72. The first-order chi connectivity index (χ1) is 13.6. The lowest BCUT2D eigenvalue weighted by Gasteiger charge is -2.62. The SMILES string of the molecule is C[C@H](C[C@@H](C)[C@H]1CC[C@H]2[C@@H]3[C@H](O)CC4C[C@H](O)CC[C@]4(C)[C@H]3CC[C@]12C)C(=O)O. The van der Waals surface area contributed by atoms with Crippen molar-refractivity contribution in [1.82, 2.24) is 0 Å².